The Bertz CT molecular complexity index is 253. The SMILES string of the molecule is CC(=CCl)CNC(=O)NC(C)C(=O)O. The van der Waals surface area contributed by atoms with E-state index in [9.17, 15) is 9.59 Å². The van der Waals surface area contributed by atoms with Crippen LogP contribution in [0.25, 0.3) is 0 Å². The highest BCUT2D eigenvalue weighted by Gasteiger charge is 2.12. The third-order valence-corrected chi connectivity index (χ3v) is 1.80. The lowest BCUT2D eigenvalue weighted by atomic mass is 10.3. The molecule has 0 aliphatic carbocycles. The highest BCUT2D eigenvalue weighted by atomic mass is 35.5. The van der Waals surface area contributed by atoms with Crippen molar-refractivity contribution in [3.05, 3.63) is 11.1 Å². The van der Waals surface area contributed by atoms with Gasteiger partial charge in [0.15, 0.2) is 0 Å². The minimum Gasteiger partial charge on any atom is -0.480 e. The first-order valence-corrected chi connectivity index (χ1v) is 4.44. The summed E-state index contributed by atoms with van der Waals surface area (Å²) in [5.41, 5.74) is 2.13. The van der Waals surface area contributed by atoms with Gasteiger partial charge in [0, 0.05) is 12.1 Å². The predicted molar refractivity (Wildman–Crippen MR) is 53.2 cm³/mol. The van der Waals surface area contributed by atoms with Gasteiger partial charge < -0.3 is 15.7 Å². The van der Waals surface area contributed by atoms with Crippen molar-refractivity contribution in [2.75, 3.05) is 6.54 Å². The quantitative estimate of drug-likeness (QED) is 0.659. The molecule has 0 aliphatic heterocycles. The van der Waals surface area contributed by atoms with Gasteiger partial charge in [-0.05, 0) is 19.4 Å². The smallest absolute Gasteiger partial charge is 0.325 e. The van der Waals surface area contributed by atoms with Gasteiger partial charge in [-0.2, -0.15) is 0 Å². The van der Waals surface area contributed by atoms with Gasteiger partial charge in [0.2, 0.25) is 0 Å². The van der Waals surface area contributed by atoms with Gasteiger partial charge in [0.25, 0.3) is 0 Å². The van der Waals surface area contributed by atoms with Gasteiger partial charge in [0.1, 0.15) is 6.04 Å². The molecule has 0 aromatic rings. The molecule has 0 aromatic carbocycles. The molecule has 0 saturated heterocycles. The van der Waals surface area contributed by atoms with Crippen molar-refractivity contribution in [1.82, 2.24) is 10.6 Å². The van der Waals surface area contributed by atoms with Crippen molar-refractivity contribution in [1.29, 1.82) is 0 Å². The van der Waals surface area contributed by atoms with E-state index in [1.807, 2.05) is 0 Å². The molecule has 3 N–H and O–H groups in total. The zero-order chi connectivity index (χ0) is 11.1. The van der Waals surface area contributed by atoms with E-state index >= 15 is 0 Å². The van der Waals surface area contributed by atoms with Gasteiger partial charge in [0.05, 0.1) is 0 Å². The van der Waals surface area contributed by atoms with E-state index in [0.29, 0.717) is 6.54 Å². The van der Waals surface area contributed by atoms with E-state index in [1.165, 1.54) is 12.5 Å². The maximum absolute atomic E-state index is 11.0. The topological polar surface area (TPSA) is 78.4 Å². The predicted octanol–water partition coefficient (Wildman–Crippen LogP) is 0.901. The summed E-state index contributed by atoms with van der Waals surface area (Å²) in [5.74, 6) is -1.08. The summed E-state index contributed by atoms with van der Waals surface area (Å²) in [6.45, 7) is 3.42. The largest absolute Gasteiger partial charge is 0.480 e. The van der Waals surface area contributed by atoms with Crippen LogP contribution in [0.1, 0.15) is 13.8 Å². The number of hydrogen-bond acceptors (Lipinski definition) is 2. The summed E-state index contributed by atoms with van der Waals surface area (Å²) >= 11 is 5.36. The van der Waals surface area contributed by atoms with Crippen molar-refractivity contribution in [3.63, 3.8) is 0 Å². The molecule has 0 fully saturated rings. The van der Waals surface area contributed by atoms with Gasteiger partial charge >= 0.3 is 12.0 Å². The second-order valence-electron chi connectivity index (χ2n) is 2.84. The number of carbonyl (C=O) groups is 2. The Morgan fingerprint density at radius 2 is 2.14 bits per heavy atom. The fourth-order valence-electron chi connectivity index (χ4n) is 0.568. The van der Waals surface area contributed by atoms with E-state index in [4.69, 9.17) is 16.7 Å². The molecule has 5 nitrogen and oxygen atoms in total. The van der Waals surface area contributed by atoms with Crippen LogP contribution in [0.5, 0.6) is 0 Å². The molecular weight excluding hydrogens is 208 g/mol. The Hall–Kier alpha value is -1.23. The van der Waals surface area contributed by atoms with Crippen LogP contribution in [0.3, 0.4) is 0 Å². The van der Waals surface area contributed by atoms with Crippen molar-refractivity contribution < 1.29 is 14.7 Å². The first-order valence-electron chi connectivity index (χ1n) is 4.00. The molecule has 6 heteroatoms. The normalized spacial score (nSPS) is 13.2. The van der Waals surface area contributed by atoms with Crippen LogP contribution in [0.4, 0.5) is 4.79 Å². The molecule has 14 heavy (non-hydrogen) atoms. The number of aliphatic carboxylic acids is 1. The molecule has 0 spiro atoms. The minimum absolute atomic E-state index is 0.293. The second kappa shape index (κ2) is 6.26. The third kappa shape index (κ3) is 5.42. The van der Waals surface area contributed by atoms with Gasteiger partial charge in [-0.3, -0.25) is 4.79 Å². The molecule has 1 atom stereocenters. The number of halogens is 1. The van der Waals surface area contributed by atoms with Gasteiger partial charge in [-0.25, -0.2) is 4.79 Å². The minimum atomic E-state index is -1.08. The highest BCUT2D eigenvalue weighted by Crippen LogP contribution is 1.91. The number of carboxylic acids is 1. The average molecular weight is 221 g/mol. The zero-order valence-electron chi connectivity index (χ0n) is 8.00. The van der Waals surface area contributed by atoms with E-state index < -0.39 is 18.0 Å². The first-order chi connectivity index (χ1) is 6.47. The summed E-state index contributed by atoms with van der Waals surface area (Å²) in [4.78, 5) is 21.4. The van der Waals surface area contributed by atoms with Crippen molar-refractivity contribution in [2.24, 2.45) is 0 Å². The van der Waals surface area contributed by atoms with Crippen molar-refractivity contribution in [3.8, 4) is 0 Å². The molecule has 1 unspecified atom stereocenters. The number of amides is 2. The standard InChI is InChI=1S/C8H13ClN2O3/c1-5(3-9)4-10-8(14)11-6(2)7(12)13/h3,6H,4H2,1-2H3,(H,12,13)(H2,10,11,14). The van der Waals surface area contributed by atoms with Crippen LogP contribution in [-0.4, -0.2) is 29.7 Å². The second-order valence-corrected chi connectivity index (χ2v) is 3.06. The number of carboxylic acid groups (broad SMARTS) is 1. The first kappa shape index (κ1) is 12.8. The number of rotatable bonds is 4. The fraction of sp³-hybridized carbons (Fsp3) is 0.500. The molecule has 2 amide bonds. The van der Waals surface area contributed by atoms with Gasteiger partial charge in [-0.15, -0.1) is 0 Å². The maximum atomic E-state index is 11.0. The van der Waals surface area contributed by atoms with E-state index in [2.05, 4.69) is 10.6 Å². The Balaban J connectivity index is 3.82. The summed E-state index contributed by atoms with van der Waals surface area (Å²) in [7, 11) is 0. The lowest BCUT2D eigenvalue weighted by molar-refractivity contribution is -0.138. The molecule has 80 valence electrons. The molecule has 0 rings (SSSR count). The van der Waals surface area contributed by atoms with Crippen LogP contribution >= 0.6 is 11.6 Å². The number of carbonyl (C=O) groups excluding carboxylic acids is 1. The molecule has 0 saturated carbocycles. The Kier molecular flexibility index (Phi) is 5.71. The van der Waals surface area contributed by atoms with Crippen LogP contribution in [0.2, 0.25) is 0 Å². The number of nitrogens with one attached hydrogen (secondary N) is 2. The lowest BCUT2D eigenvalue weighted by Gasteiger charge is -2.10. The van der Waals surface area contributed by atoms with E-state index in [1.54, 1.807) is 6.92 Å². The highest BCUT2D eigenvalue weighted by molar-refractivity contribution is 6.25. The Labute approximate surface area is 87.1 Å². The molecule has 0 aromatic heterocycles. The Morgan fingerprint density at radius 3 is 2.57 bits per heavy atom. The maximum Gasteiger partial charge on any atom is 0.325 e. The van der Waals surface area contributed by atoms with Crippen LogP contribution in [-0.2, 0) is 4.79 Å². The summed E-state index contributed by atoms with van der Waals surface area (Å²) in [5, 5.41) is 13.2. The van der Waals surface area contributed by atoms with Gasteiger partial charge in [-0.1, -0.05) is 11.6 Å². The molecular formula is C8H13ClN2O3. The van der Waals surface area contributed by atoms with Crippen LogP contribution in [0.15, 0.2) is 11.1 Å². The number of urea groups is 1. The summed E-state index contributed by atoms with van der Waals surface area (Å²) in [6.07, 6.45) is 0. The lowest BCUT2D eigenvalue weighted by Crippen LogP contribution is -2.44. The molecule has 0 radical (unpaired) electrons. The fourth-order valence-corrected chi connectivity index (χ4v) is 0.645. The summed E-state index contributed by atoms with van der Waals surface area (Å²) in [6, 6.07) is -1.44. The Morgan fingerprint density at radius 1 is 1.57 bits per heavy atom. The van der Waals surface area contributed by atoms with E-state index in [0.717, 1.165) is 5.57 Å². The average Bonchev–Trinajstić information content (AvgIpc) is 2.13. The van der Waals surface area contributed by atoms with Crippen molar-refractivity contribution in [2.45, 2.75) is 19.9 Å². The van der Waals surface area contributed by atoms with Crippen LogP contribution in [0, 0.1) is 0 Å². The van der Waals surface area contributed by atoms with Crippen molar-refractivity contribution >= 4 is 23.6 Å². The summed E-state index contributed by atoms with van der Waals surface area (Å²) < 4.78 is 0. The molecule has 0 heterocycles. The third-order valence-electron chi connectivity index (χ3n) is 1.43. The molecule has 0 bridgehead atoms. The number of hydrogen-bond donors (Lipinski definition) is 3. The molecule has 0 aliphatic rings. The van der Waals surface area contributed by atoms with E-state index in [-0.39, 0.29) is 0 Å². The monoisotopic (exact) mass is 220 g/mol. The zero-order valence-corrected chi connectivity index (χ0v) is 8.76. The van der Waals surface area contributed by atoms with Crippen LogP contribution < -0.4 is 10.6 Å².